The Labute approximate surface area is 101 Å². The summed E-state index contributed by atoms with van der Waals surface area (Å²) in [5.41, 5.74) is -0.632. The third-order valence-electron chi connectivity index (χ3n) is 1.40. The van der Waals surface area contributed by atoms with Gasteiger partial charge in [-0.2, -0.15) is 0 Å². The van der Waals surface area contributed by atoms with Crippen LogP contribution in [0.2, 0.25) is 0 Å². The van der Waals surface area contributed by atoms with Crippen molar-refractivity contribution in [3.63, 3.8) is 0 Å². The molecule has 0 aromatic heterocycles. The molecule has 1 atom stereocenters. The summed E-state index contributed by atoms with van der Waals surface area (Å²) in [4.78, 5) is 21.9. The first-order valence-electron chi connectivity index (χ1n) is 4.63. The molecule has 0 aromatic carbocycles. The van der Waals surface area contributed by atoms with Crippen molar-refractivity contribution in [1.29, 1.82) is 0 Å². The summed E-state index contributed by atoms with van der Waals surface area (Å²) in [6, 6.07) is -0.982. The van der Waals surface area contributed by atoms with E-state index in [4.69, 9.17) is 9.84 Å². The van der Waals surface area contributed by atoms with E-state index < -0.39 is 23.7 Å². The molecule has 96 valence electrons. The number of nitrogens with one attached hydrogen (secondary N) is 2. The van der Waals surface area contributed by atoms with E-state index in [2.05, 4.69) is 10.6 Å². The standard InChI is InChI=1S/C9H18N2O4.ClH/c1-9(2,3)15-8(14)11-6(5-10-4)7(12)13;/h6,10H,5H2,1-4H3,(H,11,14)(H,12,13);1H/t6-;/m0./s1. The minimum absolute atomic E-state index is 0. The molecule has 0 heterocycles. The second-order valence-corrected chi connectivity index (χ2v) is 4.09. The molecule has 0 radical (unpaired) electrons. The van der Waals surface area contributed by atoms with Crippen molar-refractivity contribution in [3.05, 3.63) is 0 Å². The number of hydrogen-bond donors (Lipinski definition) is 3. The number of halogens is 1. The predicted molar refractivity (Wildman–Crippen MR) is 62.0 cm³/mol. The van der Waals surface area contributed by atoms with Gasteiger partial charge in [-0.3, -0.25) is 0 Å². The molecular formula is C9H19ClN2O4. The molecule has 3 N–H and O–H groups in total. The summed E-state index contributed by atoms with van der Waals surface area (Å²) in [5.74, 6) is -1.10. The van der Waals surface area contributed by atoms with Gasteiger partial charge in [-0.15, -0.1) is 12.4 Å². The number of likely N-dealkylation sites (N-methyl/N-ethyl adjacent to an activating group) is 1. The summed E-state index contributed by atoms with van der Waals surface area (Å²) in [7, 11) is 1.60. The molecule has 0 rings (SSSR count). The lowest BCUT2D eigenvalue weighted by Gasteiger charge is -2.21. The average Bonchev–Trinajstić information content (AvgIpc) is 1.99. The zero-order valence-corrected chi connectivity index (χ0v) is 10.7. The average molecular weight is 255 g/mol. The predicted octanol–water partition coefficient (Wildman–Crippen LogP) is 0.606. The lowest BCUT2D eigenvalue weighted by Crippen LogP contribution is -2.48. The number of carboxylic acids is 1. The van der Waals surface area contributed by atoms with Crippen LogP contribution >= 0.6 is 12.4 Å². The molecule has 0 fully saturated rings. The molecular weight excluding hydrogens is 236 g/mol. The van der Waals surface area contributed by atoms with Crippen LogP contribution < -0.4 is 10.6 Å². The highest BCUT2D eigenvalue weighted by atomic mass is 35.5. The normalized spacial score (nSPS) is 12.2. The van der Waals surface area contributed by atoms with E-state index >= 15 is 0 Å². The Kier molecular flexibility index (Phi) is 7.93. The van der Waals surface area contributed by atoms with Gasteiger partial charge in [0.15, 0.2) is 0 Å². The second-order valence-electron chi connectivity index (χ2n) is 4.09. The Hall–Kier alpha value is -1.01. The van der Waals surface area contributed by atoms with Gasteiger partial charge >= 0.3 is 12.1 Å². The first-order chi connectivity index (χ1) is 6.76. The van der Waals surface area contributed by atoms with Gasteiger partial charge in [-0.1, -0.05) is 0 Å². The van der Waals surface area contributed by atoms with Crippen LogP contribution in [0.25, 0.3) is 0 Å². The number of amides is 1. The lowest BCUT2D eigenvalue weighted by molar-refractivity contribution is -0.139. The molecule has 0 aliphatic heterocycles. The monoisotopic (exact) mass is 254 g/mol. The van der Waals surface area contributed by atoms with Crippen molar-refractivity contribution >= 4 is 24.5 Å². The SMILES string of the molecule is CNC[C@H](NC(=O)OC(C)(C)C)C(=O)O.Cl. The van der Waals surface area contributed by atoms with E-state index in [-0.39, 0.29) is 19.0 Å². The highest BCUT2D eigenvalue weighted by molar-refractivity contribution is 5.85. The minimum Gasteiger partial charge on any atom is -0.480 e. The molecule has 0 aliphatic carbocycles. The van der Waals surface area contributed by atoms with E-state index in [0.717, 1.165) is 0 Å². The van der Waals surface area contributed by atoms with Gasteiger partial charge in [0.25, 0.3) is 0 Å². The molecule has 0 bridgehead atoms. The Balaban J connectivity index is 0. The highest BCUT2D eigenvalue weighted by Gasteiger charge is 2.22. The molecule has 0 unspecified atom stereocenters. The van der Waals surface area contributed by atoms with Gasteiger partial charge in [0, 0.05) is 6.54 Å². The summed E-state index contributed by atoms with van der Waals surface area (Å²) < 4.78 is 4.92. The van der Waals surface area contributed by atoms with Crippen molar-refractivity contribution in [2.75, 3.05) is 13.6 Å². The topological polar surface area (TPSA) is 87.7 Å². The van der Waals surface area contributed by atoms with Crippen LogP contribution in [0.1, 0.15) is 20.8 Å². The quantitative estimate of drug-likeness (QED) is 0.684. The maximum atomic E-state index is 11.2. The largest absolute Gasteiger partial charge is 0.480 e. The molecule has 1 amide bonds. The maximum Gasteiger partial charge on any atom is 0.408 e. The Morgan fingerprint density at radius 1 is 1.38 bits per heavy atom. The number of carboxylic acid groups (broad SMARTS) is 1. The van der Waals surface area contributed by atoms with Crippen LogP contribution in [0.5, 0.6) is 0 Å². The van der Waals surface area contributed by atoms with Crippen LogP contribution in [0.3, 0.4) is 0 Å². The van der Waals surface area contributed by atoms with Crippen LogP contribution in [0, 0.1) is 0 Å². The number of aliphatic carboxylic acids is 1. The van der Waals surface area contributed by atoms with E-state index in [1.54, 1.807) is 27.8 Å². The molecule has 0 aromatic rings. The van der Waals surface area contributed by atoms with Crippen molar-refractivity contribution in [1.82, 2.24) is 10.6 Å². The summed E-state index contributed by atoms with van der Waals surface area (Å²) in [5, 5.41) is 13.7. The number of carbonyl (C=O) groups is 2. The fraction of sp³-hybridized carbons (Fsp3) is 0.778. The van der Waals surface area contributed by atoms with Gasteiger partial charge in [0.2, 0.25) is 0 Å². The van der Waals surface area contributed by atoms with Crippen molar-refractivity contribution in [2.24, 2.45) is 0 Å². The molecule has 0 spiro atoms. The first-order valence-corrected chi connectivity index (χ1v) is 4.63. The van der Waals surface area contributed by atoms with Crippen LogP contribution in [0.4, 0.5) is 4.79 Å². The summed E-state index contributed by atoms with van der Waals surface area (Å²) in [6.45, 7) is 5.27. The van der Waals surface area contributed by atoms with Crippen molar-refractivity contribution < 1.29 is 19.4 Å². The Bertz CT molecular complexity index is 240. The summed E-state index contributed by atoms with van der Waals surface area (Å²) in [6.07, 6.45) is -0.731. The third-order valence-corrected chi connectivity index (χ3v) is 1.40. The third kappa shape index (κ3) is 8.31. The van der Waals surface area contributed by atoms with Crippen molar-refractivity contribution in [3.8, 4) is 0 Å². The second kappa shape index (κ2) is 7.29. The zero-order chi connectivity index (χ0) is 12.1. The van der Waals surface area contributed by atoms with E-state index in [1.807, 2.05) is 0 Å². The Morgan fingerprint density at radius 3 is 2.19 bits per heavy atom. The Morgan fingerprint density at radius 2 is 1.88 bits per heavy atom. The smallest absolute Gasteiger partial charge is 0.408 e. The fourth-order valence-corrected chi connectivity index (χ4v) is 0.854. The molecule has 0 aliphatic rings. The first kappa shape index (κ1) is 17.4. The lowest BCUT2D eigenvalue weighted by atomic mass is 10.2. The van der Waals surface area contributed by atoms with E-state index in [1.165, 1.54) is 0 Å². The van der Waals surface area contributed by atoms with Crippen LogP contribution in [-0.4, -0.2) is 42.4 Å². The van der Waals surface area contributed by atoms with Crippen LogP contribution in [-0.2, 0) is 9.53 Å². The highest BCUT2D eigenvalue weighted by Crippen LogP contribution is 2.06. The van der Waals surface area contributed by atoms with E-state index in [0.29, 0.717) is 0 Å². The fourth-order valence-electron chi connectivity index (χ4n) is 0.854. The number of carbonyl (C=O) groups excluding carboxylic acids is 1. The molecule has 0 saturated carbocycles. The van der Waals surface area contributed by atoms with Gasteiger partial charge in [0.05, 0.1) is 0 Å². The molecule has 6 nitrogen and oxygen atoms in total. The molecule has 0 saturated heterocycles. The number of alkyl carbamates (subject to hydrolysis) is 1. The number of rotatable bonds is 4. The number of hydrogen-bond acceptors (Lipinski definition) is 4. The molecule has 7 heteroatoms. The van der Waals surface area contributed by atoms with Gasteiger partial charge in [0.1, 0.15) is 11.6 Å². The van der Waals surface area contributed by atoms with Gasteiger partial charge < -0.3 is 20.5 Å². The van der Waals surface area contributed by atoms with Gasteiger partial charge in [-0.05, 0) is 27.8 Å². The minimum atomic E-state index is -1.10. The molecule has 16 heavy (non-hydrogen) atoms. The maximum absolute atomic E-state index is 11.2. The van der Waals surface area contributed by atoms with Crippen LogP contribution in [0.15, 0.2) is 0 Å². The summed E-state index contributed by atoms with van der Waals surface area (Å²) >= 11 is 0. The number of ether oxygens (including phenoxy) is 1. The zero-order valence-electron chi connectivity index (χ0n) is 9.86. The van der Waals surface area contributed by atoms with E-state index in [9.17, 15) is 9.59 Å². The van der Waals surface area contributed by atoms with Crippen molar-refractivity contribution in [2.45, 2.75) is 32.4 Å². The van der Waals surface area contributed by atoms with Gasteiger partial charge in [-0.25, -0.2) is 9.59 Å².